The van der Waals surface area contributed by atoms with Crippen LogP contribution in [0, 0.1) is 4.77 Å². The molecule has 0 saturated heterocycles. The van der Waals surface area contributed by atoms with Crippen LogP contribution in [-0.4, -0.2) is 9.97 Å². The molecule has 0 fully saturated rings. The molecule has 1 aromatic heterocycles. The lowest BCUT2D eigenvalue weighted by atomic mass is 10.0. The summed E-state index contributed by atoms with van der Waals surface area (Å²) in [6, 6.07) is 8.25. The predicted molar refractivity (Wildman–Crippen MR) is 73.9 cm³/mol. The molecule has 1 N–H and O–H groups in total. The van der Waals surface area contributed by atoms with Gasteiger partial charge in [-0.1, -0.05) is 38.1 Å². The molecule has 20 heavy (non-hydrogen) atoms. The lowest BCUT2D eigenvalue weighted by Gasteiger charge is -2.10. The first-order chi connectivity index (χ1) is 9.27. The maximum atomic E-state index is 12.7. The van der Waals surface area contributed by atoms with Gasteiger partial charge in [-0.15, -0.1) is 0 Å². The van der Waals surface area contributed by atoms with Crippen LogP contribution in [0.2, 0.25) is 0 Å². The summed E-state index contributed by atoms with van der Waals surface area (Å²) in [6.07, 6.45) is -4.47. The van der Waals surface area contributed by atoms with E-state index in [1.165, 1.54) is 0 Å². The van der Waals surface area contributed by atoms with Crippen LogP contribution in [0.15, 0.2) is 30.3 Å². The molecule has 0 aliphatic heterocycles. The summed E-state index contributed by atoms with van der Waals surface area (Å²) in [7, 11) is 0. The summed E-state index contributed by atoms with van der Waals surface area (Å²) in [5, 5.41) is 0. The highest BCUT2D eigenvalue weighted by Crippen LogP contribution is 2.30. The number of alkyl halides is 3. The van der Waals surface area contributed by atoms with Crippen molar-refractivity contribution in [2.75, 3.05) is 0 Å². The van der Waals surface area contributed by atoms with E-state index in [1.54, 1.807) is 12.1 Å². The third kappa shape index (κ3) is 3.25. The Labute approximate surface area is 119 Å². The summed E-state index contributed by atoms with van der Waals surface area (Å²) >= 11 is 4.76. The average molecular weight is 298 g/mol. The first-order valence-corrected chi connectivity index (χ1v) is 6.47. The maximum absolute atomic E-state index is 12.7. The van der Waals surface area contributed by atoms with Gasteiger partial charge in [0.05, 0.1) is 5.69 Å². The Morgan fingerprint density at radius 3 is 2.25 bits per heavy atom. The van der Waals surface area contributed by atoms with Crippen molar-refractivity contribution < 1.29 is 13.2 Å². The molecule has 0 aliphatic carbocycles. The molecule has 0 unspecified atom stereocenters. The van der Waals surface area contributed by atoms with Crippen molar-refractivity contribution >= 4 is 12.2 Å². The Hall–Kier alpha value is -1.69. The normalized spacial score (nSPS) is 11.9. The third-order valence-corrected chi connectivity index (χ3v) is 3.12. The number of aromatic nitrogens is 2. The monoisotopic (exact) mass is 298 g/mol. The number of benzene rings is 1. The van der Waals surface area contributed by atoms with Crippen LogP contribution in [0.3, 0.4) is 0 Å². The Morgan fingerprint density at radius 1 is 1.15 bits per heavy atom. The summed E-state index contributed by atoms with van der Waals surface area (Å²) in [4.78, 5) is 6.02. The highest BCUT2D eigenvalue weighted by atomic mass is 32.1. The Morgan fingerprint density at radius 2 is 1.75 bits per heavy atom. The molecule has 2 rings (SSSR count). The zero-order chi connectivity index (χ0) is 14.9. The van der Waals surface area contributed by atoms with Crippen LogP contribution in [0.25, 0.3) is 11.3 Å². The van der Waals surface area contributed by atoms with E-state index < -0.39 is 11.9 Å². The molecule has 0 bridgehead atoms. The molecule has 0 atom stereocenters. The number of hydrogen-bond acceptors (Lipinski definition) is 2. The van der Waals surface area contributed by atoms with Gasteiger partial charge in [0, 0.05) is 5.56 Å². The predicted octanol–water partition coefficient (Wildman–Crippen LogP) is 4.95. The Balaban J connectivity index is 2.47. The molecule has 2 nitrogen and oxygen atoms in total. The van der Waals surface area contributed by atoms with E-state index in [9.17, 15) is 13.2 Å². The van der Waals surface area contributed by atoms with E-state index in [-0.39, 0.29) is 10.5 Å². The number of H-pyrrole nitrogens is 1. The summed E-state index contributed by atoms with van der Waals surface area (Å²) in [5.41, 5.74) is 1.06. The van der Waals surface area contributed by atoms with Gasteiger partial charge in [0.25, 0.3) is 0 Å². The van der Waals surface area contributed by atoms with Gasteiger partial charge in [0.2, 0.25) is 0 Å². The van der Waals surface area contributed by atoms with E-state index in [0.29, 0.717) is 11.5 Å². The minimum Gasteiger partial charge on any atom is -0.327 e. The van der Waals surface area contributed by atoms with Gasteiger partial charge in [-0.3, -0.25) is 0 Å². The summed E-state index contributed by atoms with van der Waals surface area (Å²) in [6.45, 7) is 4.10. The molecule has 1 aromatic carbocycles. The smallest absolute Gasteiger partial charge is 0.327 e. The number of halogens is 3. The zero-order valence-electron chi connectivity index (χ0n) is 11.0. The first kappa shape index (κ1) is 14.7. The SMILES string of the molecule is CC(C)c1ccc(-c2cc(C(F)(F)F)[nH]c(=S)n2)cc1. The first-order valence-electron chi connectivity index (χ1n) is 6.06. The van der Waals surface area contributed by atoms with Crippen LogP contribution < -0.4 is 0 Å². The lowest BCUT2D eigenvalue weighted by molar-refractivity contribution is -0.141. The fraction of sp³-hybridized carbons (Fsp3) is 0.286. The van der Waals surface area contributed by atoms with Gasteiger partial charge >= 0.3 is 6.18 Å². The number of nitrogens with zero attached hydrogens (tertiary/aromatic N) is 1. The molecule has 6 heteroatoms. The van der Waals surface area contributed by atoms with Crippen molar-refractivity contribution in [3.8, 4) is 11.3 Å². The van der Waals surface area contributed by atoms with Crippen molar-refractivity contribution in [2.24, 2.45) is 0 Å². The van der Waals surface area contributed by atoms with E-state index in [1.807, 2.05) is 26.0 Å². The maximum Gasteiger partial charge on any atom is 0.431 e. The zero-order valence-corrected chi connectivity index (χ0v) is 11.8. The number of nitrogens with one attached hydrogen (secondary N) is 1. The standard InChI is InChI=1S/C14H13F3N2S/c1-8(2)9-3-5-10(6-4-9)11-7-12(14(15,16)17)19-13(20)18-11/h3-8H,1-2H3,(H,18,19,20). The van der Waals surface area contributed by atoms with E-state index in [0.717, 1.165) is 11.6 Å². The minimum atomic E-state index is -4.47. The van der Waals surface area contributed by atoms with Crippen molar-refractivity contribution in [2.45, 2.75) is 25.9 Å². The topological polar surface area (TPSA) is 28.7 Å². The quantitative estimate of drug-likeness (QED) is 0.795. The fourth-order valence-electron chi connectivity index (χ4n) is 1.80. The van der Waals surface area contributed by atoms with Gasteiger partial charge < -0.3 is 4.98 Å². The van der Waals surface area contributed by atoms with Crippen molar-refractivity contribution in [3.05, 3.63) is 46.4 Å². The third-order valence-electron chi connectivity index (χ3n) is 2.92. The van der Waals surface area contributed by atoms with Gasteiger partial charge in [-0.25, -0.2) is 4.98 Å². The minimum absolute atomic E-state index is 0.178. The van der Waals surface area contributed by atoms with Crippen molar-refractivity contribution in [1.82, 2.24) is 9.97 Å². The second-order valence-electron chi connectivity index (χ2n) is 4.76. The lowest BCUT2D eigenvalue weighted by Crippen LogP contribution is -2.09. The molecule has 1 heterocycles. The highest BCUT2D eigenvalue weighted by molar-refractivity contribution is 7.71. The van der Waals surface area contributed by atoms with Crippen molar-refractivity contribution in [3.63, 3.8) is 0 Å². The molecular formula is C14H13F3N2S. The average Bonchev–Trinajstić information content (AvgIpc) is 2.37. The van der Waals surface area contributed by atoms with Gasteiger partial charge in [0.1, 0.15) is 5.69 Å². The van der Waals surface area contributed by atoms with Crippen LogP contribution in [0.5, 0.6) is 0 Å². The van der Waals surface area contributed by atoms with E-state index >= 15 is 0 Å². The van der Waals surface area contributed by atoms with E-state index in [2.05, 4.69) is 9.97 Å². The van der Waals surface area contributed by atoms with Gasteiger partial charge in [-0.05, 0) is 29.8 Å². The Bertz CT molecular complexity index is 657. The molecule has 106 valence electrons. The molecule has 0 saturated carbocycles. The molecule has 0 amide bonds. The molecule has 2 aromatic rings. The van der Waals surface area contributed by atoms with E-state index in [4.69, 9.17) is 12.2 Å². The second-order valence-corrected chi connectivity index (χ2v) is 5.15. The summed E-state index contributed by atoms with van der Waals surface area (Å²) in [5.74, 6) is 0.362. The van der Waals surface area contributed by atoms with Gasteiger partial charge in [0.15, 0.2) is 4.77 Å². The summed E-state index contributed by atoms with van der Waals surface area (Å²) < 4.78 is 38.0. The largest absolute Gasteiger partial charge is 0.431 e. The Kier molecular flexibility index (Phi) is 3.94. The van der Waals surface area contributed by atoms with Crippen LogP contribution in [-0.2, 0) is 6.18 Å². The number of rotatable bonds is 2. The molecule has 0 aliphatic rings. The van der Waals surface area contributed by atoms with Crippen LogP contribution >= 0.6 is 12.2 Å². The van der Waals surface area contributed by atoms with Gasteiger partial charge in [-0.2, -0.15) is 13.2 Å². The van der Waals surface area contributed by atoms with Crippen LogP contribution in [0.1, 0.15) is 31.0 Å². The second kappa shape index (κ2) is 5.36. The van der Waals surface area contributed by atoms with Crippen LogP contribution in [0.4, 0.5) is 13.2 Å². The molecule has 0 radical (unpaired) electrons. The fourth-order valence-corrected chi connectivity index (χ4v) is 2.01. The molecular weight excluding hydrogens is 285 g/mol. The number of hydrogen-bond donors (Lipinski definition) is 1. The molecule has 0 spiro atoms. The number of aromatic amines is 1. The highest BCUT2D eigenvalue weighted by Gasteiger charge is 2.32. The van der Waals surface area contributed by atoms with Crippen molar-refractivity contribution in [1.29, 1.82) is 0 Å².